The Hall–Kier alpha value is -1.16. The molecule has 4 heteroatoms. The fraction of sp³-hybridized carbons (Fsp3) is 0.733. The van der Waals surface area contributed by atoms with E-state index in [0.717, 1.165) is 25.5 Å². The van der Waals surface area contributed by atoms with Crippen molar-refractivity contribution in [1.82, 2.24) is 0 Å². The molecule has 2 saturated carbocycles. The normalized spacial score (nSPS) is 49.3. The zero-order chi connectivity index (χ0) is 13.8. The molecule has 104 valence electrons. The average molecular weight is 264 g/mol. The second-order valence-electron chi connectivity index (χ2n) is 6.56. The van der Waals surface area contributed by atoms with Crippen LogP contribution in [0.4, 0.5) is 0 Å². The van der Waals surface area contributed by atoms with Crippen molar-refractivity contribution in [3.05, 3.63) is 12.2 Å². The van der Waals surface area contributed by atoms with Gasteiger partial charge in [0.1, 0.15) is 12.4 Å². The van der Waals surface area contributed by atoms with E-state index in [1.165, 1.54) is 0 Å². The SMILES string of the molecule is C=C1C(=O)O[C@H]2[C@H]1[C@@H](O)C[C@@]1(C)CCC[C@H](C=O)[C@H]21. The molecule has 0 spiro atoms. The van der Waals surface area contributed by atoms with Crippen LogP contribution in [0.1, 0.15) is 32.6 Å². The van der Waals surface area contributed by atoms with E-state index in [4.69, 9.17) is 4.74 Å². The van der Waals surface area contributed by atoms with Crippen LogP contribution in [0.25, 0.3) is 0 Å². The Kier molecular flexibility index (Phi) is 2.82. The number of esters is 1. The molecule has 3 aliphatic rings. The van der Waals surface area contributed by atoms with Gasteiger partial charge in [0.05, 0.1) is 12.0 Å². The molecule has 1 N–H and O–H groups in total. The van der Waals surface area contributed by atoms with Crippen molar-refractivity contribution in [3.8, 4) is 0 Å². The summed E-state index contributed by atoms with van der Waals surface area (Å²) in [4.78, 5) is 23.1. The maximum Gasteiger partial charge on any atom is 0.334 e. The Morgan fingerprint density at radius 3 is 2.95 bits per heavy atom. The third-order valence-electron chi connectivity index (χ3n) is 5.43. The van der Waals surface area contributed by atoms with Crippen LogP contribution in [0.5, 0.6) is 0 Å². The maximum absolute atomic E-state index is 11.7. The number of fused-ring (bicyclic) bond motifs is 3. The summed E-state index contributed by atoms with van der Waals surface area (Å²) in [6.07, 6.45) is 3.50. The predicted molar refractivity (Wildman–Crippen MR) is 68.1 cm³/mol. The van der Waals surface area contributed by atoms with Crippen molar-refractivity contribution in [1.29, 1.82) is 0 Å². The lowest BCUT2D eigenvalue weighted by Crippen LogP contribution is -2.55. The van der Waals surface area contributed by atoms with Gasteiger partial charge in [0.2, 0.25) is 0 Å². The average Bonchev–Trinajstić information content (AvgIpc) is 2.64. The van der Waals surface area contributed by atoms with E-state index >= 15 is 0 Å². The zero-order valence-electron chi connectivity index (χ0n) is 11.2. The van der Waals surface area contributed by atoms with Gasteiger partial charge < -0.3 is 14.6 Å². The molecule has 19 heavy (non-hydrogen) atoms. The second kappa shape index (κ2) is 4.17. The van der Waals surface area contributed by atoms with E-state index in [-0.39, 0.29) is 29.3 Å². The van der Waals surface area contributed by atoms with Crippen molar-refractivity contribution < 1.29 is 19.4 Å². The summed E-state index contributed by atoms with van der Waals surface area (Å²) in [5.74, 6) is -0.785. The topological polar surface area (TPSA) is 63.6 Å². The van der Waals surface area contributed by atoms with Crippen LogP contribution in [0.2, 0.25) is 0 Å². The van der Waals surface area contributed by atoms with E-state index in [0.29, 0.717) is 12.0 Å². The summed E-state index contributed by atoms with van der Waals surface area (Å²) in [5.41, 5.74) is 0.254. The van der Waals surface area contributed by atoms with Gasteiger partial charge in [-0.05, 0) is 24.7 Å². The number of aldehydes is 1. The minimum Gasteiger partial charge on any atom is -0.458 e. The summed E-state index contributed by atoms with van der Waals surface area (Å²) in [6, 6.07) is 0. The lowest BCUT2D eigenvalue weighted by Gasteiger charge is -2.53. The fourth-order valence-electron chi connectivity index (χ4n) is 4.60. The van der Waals surface area contributed by atoms with Crippen LogP contribution in [0.3, 0.4) is 0 Å². The van der Waals surface area contributed by atoms with E-state index in [9.17, 15) is 14.7 Å². The third kappa shape index (κ3) is 1.69. The molecule has 3 fully saturated rings. The largest absolute Gasteiger partial charge is 0.458 e. The van der Waals surface area contributed by atoms with Gasteiger partial charge in [0, 0.05) is 17.4 Å². The molecule has 1 aliphatic heterocycles. The van der Waals surface area contributed by atoms with Crippen molar-refractivity contribution in [2.24, 2.45) is 23.2 Å². The number of ether oxygens (including phenoxy) is 1. The van der Waals surface area contributed by atoms with Crippen LogP contribution in [0, 0.1) is 23.2 Å². The first kappa shape index (κ1) is 12.9. The fourth-order valence-corrected chi connectivity index (χ4v) is 4.60. The predicted octanol–water partition coefficient (Wildman–Crippen LogP) is 1.47. The summed E-state index contributed by atoms with van der Waals surface area (Å²) in [6.45, 7) is 5.87. The third-order valence-corrected chi connectivity index (χ3v) is 5.43. The molecular formula is C15H20O4. The lowest BCUT2D eigenvalue weighted by molar-refractivity contribution is -0.163. The van der Waals surface area contributed by atoms with E-state index < -0.39 is 12.1 Å². The first-order valence-electron chi connectivity index (χ1n) is 7.01. The molecule has 0 amide bonds. The van der Waals surface area contributed by atoms with E-state index in [1.807, 2.05) is 0 Å². The van der Waals surface area contributed by atoms with Gasteiger partial charge in [-0.1, -0.05) is 19.9 Å². The van der Waals surface area contributed by atoms with Crippen molar-refractivity contribution in [3.63, 3.8) is 0 Å². The van der Waals surface area contributed by atoms with Gasteiger partial charge in [-0.3, -0.25) is 0 Å². The Bertz CT molecular complexity index is 443. The molecule has 0 unspecified atom stereocenters. The highest BCUT2D eigenvalue weighted by atomic mass is 16.6. The Labute approximate surface area is 112 Å². The number of aliphatic hydroxyl groups is 1. The molecule has 0 radical (unpaired) electrons. The molecule has 4 nitrogen and oxygen atoms in total. The first-order valence-corrected chi connectivity index (χ1v) is 7.01. The summed E-state index contributed by atoms with van der Waals surface area (Å²) in [5, 5.41) is 10.3. The van der Waals surface area contributed by atoms with Gasteiger partial charge in [-0.2, -0.15) is 0 Å². The zero-order valence-corrected chi connectivity index (χ0v) is 11.2. The van der Waals surface area contributed by atoms with Crippen LogP contribution in [-0.2, 0) is 14.3 Å². The summed E-state index contributed by atoms with van der Waals surface area (Å²) in [7, 11) is 0. The standard InChI is InChI=1S/C15H20O4/c1-8-11-10(17)6-15(2)5-3-4-9(7-16)12(15)13(11)19-14(8)18/h7,9-13,17H,1,3-6H2,2H3/t9-,10+,11-,12-,13+,15-/m1/s1. The number of rotatable bonds is 1. The van der Waals surface area contributed by atoms with Crippen LogP contribution < -0.4 is 0 Å². The molecule has 1 saturated heterocycles. The smallest absolute Gasteiger partial charge is 0.334 e. The molecule has 0 aromatic rings. The quantitative estimate of drug-likeness (QED) is 0.442. The molecule has 0 aromatic heterocycles. The Balaban J connectivity index is 2.01. The Morgan fingerprint density at radius 2 is 2.26 bits per heavy atom. The minimum absolute atomic E-state index is 0.0235. The van der Waals surface area contributed by atoms with Crippen LogP contribution in [-0.4, -0.2) is 29.6 Å². The molecule has 3 rings (SSSR count). The Morgan fingerprint density at radius 1 is 1.53 bits per heavy atom. The molecule has 2 aliphatic carbocycles. The lowest BCUT2D eigenvalue weighted by atomic mass is 9.53. The van der Waals surface area contributed by atoms with E-state index in [1.54, 1.807) is 0 Å². The van der Waals surface area contributed by atoms with Crippen LogP contribution >= 0.6 is 0 Å². The monoisotopic (exact) mass is 264 g/mol. The molecule has 0 bridgehead atoms. The maximum atomic E-state index is 11.7. The molecule has 1 heterocycles. The summed E-state index contributed by atoms with van der Waals surface area (Å²) < 4.78 is 5.46. The van der Waals surface area contributed by atoms with Gasteiger partial charge in [0.25, 0.3) is 0 Å². The van der Waals surface area contributed by atoms with Crippen molar-refractivity contribution >= 4 is 12.3 Å². The van der Waals surface area contributed by atoms with Gasteiger partial charge in [-0.15, -0.1) is 0 Å². The minimum atomic E-state index is -0.587. The number of hydrogen-bond acceptors (Lipinski definition) is 4. The second-order valence-corrected chi connectivity index (χ2v) is 6.56. The highest BCUT2D eigenvalue weighted by Gasteiger charge is 2.59. The number of aliphatic hydroxyl groups excluding tert-OH is 1. The van der Waals surface area contributed by atoms with Gasteiger partial charge in [-0.25, -0.2) is 4.79 Å². The summed E-state index contributed by atoms with van der Waals surface area (Å²) >= 11 is 0. The highest BCUT2D eigenvalue weighted by molar-refractivity contribution is 5.91. The number of carbonyl (C=O) groups is 2. The van der Waals surface area contributed by atoms with Gasteiger partial charge in [0.15, 0.2) is 0 Å². The number of carbonyl (C=O) groups excluding carboxylic acids is 2. The van der Waals surface area contributed by atoms with Crippen molar-refractivity contribution in [2.45, 2.75) is 44.8 Å². The van der Waals surface area contributed by atoms with Gasteiger partial charge >= 0.3 is 5.97 Å². The van der Waals surface area contributed by atoms with E-state index in [2.05, 4.69) is 13.5 Å². The molecule has 6 atom stereocenters. The first-order chi connectivity index (χ1) is 8.98. The molecular weight excluding hydrogens is 244 g/mol. The number of hydrogen-bond donors (Lipinski definition) is 1. The molecule has 0 aromatic carbocycles. The highest BCUT2D eigenvalue weighted by Crippen LogP contribution is 2.57. The van der Waals surface area contributed by atoms with Crippen LogP contribution in [0.15, 0.2) is 12.2 Å². The van der Waals surface area contributed by atoms with Crippen molar-refractivity contribution in [2.75, 3.05) is 0 Å².